The molecule has 0 radical (unpaired) electrons. The molecule has 1 aliphatic rings. The molecule has 1 N–H and O–H groups in total. The summed E-state index contributed by atoms with van der Waals surface area (Å²) >= 11 is 0. The van der Waals surface area contributed by atoms with Gasteiger partial charge in [-0.05, 0) is 38.6 Å². The average Bonchev–Trinajstić information content (AvgIpc) is 3.05. The van der Waals surface area contributed by atoms with Crippen molar-refractivity contribution in [3.05, 3.63) is 108 Å². The van der Waals surface area contributed by atoms with Crippen molar-refractivity contribution < 1.29 is 0 Å². The molecule has 2 nitrogen and oxygen atoms in total. The number of fused-ring (bicyclic) bond motifs is 4. The molecular formula is C25H18N2. The van der Waals surface area contributed by atoms with Gasteiger partial charge in [0, 0.05) is 0 Å². The summed E-state index contributed by atoms with van der Waals surface area (Å²) in [7, 11) is 0. The number of nitrogens with zero attached hydrogens (tertiary/aromatic N) is 1. The van der Waals surface area contributed by atoms with E-state index < -0.39 is 0 Å². The van der Waals surface area contributed by atoms with Gasteiger partial charge in [0.2, 0.25) is 0 Å². The molecule has 0 amide bonds. The third kappa shape index (κ3) is 2.52. The molecule has 0 saturated heterocycles. The molecule has 5 rings (SSSR count). The number of benzene rings is 4. The van der Waals surface area contributed by atoms with Crippen molar-refractivity contribution >= 4 is 10.8 Å². The summed E-state index contributed by atoms with van der Waals surface area (Å²) in [6.07, 6.45) is 0. The highest BCUT2D eigenvalue weighted by molar-refractivity contribution is 5.86. The minimum absolute atomic E-state index is 0.0148. The fourth-order valence-electron chi connectivity index (χ4n) is 4.20. The van der Waals surface area contributed by atoms with Gasteiger partial charge < -0.3 is 0 Å². The number of hydrogen-bond donors (Lipinski definition) is 1. The highest BCUT2D eigenvalue weighted by Crippen LogP contribution is 2.44. The predicted molar refractivity (Wildman–Crippen MR) is 109 cm³/mol. The Labute approximate surface area is 158 Å². The third-order valence-electron chi connectivity index (χ3n) is 5.43. The summed E-state index contributed by atoms with van der Waals surface area (Å²) in [6.45, 7) is 0. The first-order chi connectivity index (χ1) is 13.4. The topological polar surface area (TPSA) is 35.8 Å². The second-order valence-corrected chi connectivity index (χ2v) is 6.90. The van der Waals surface area contributed by atoms with Gasteiger partial charge in [-0.25, -0.2) is 0 Å². The Bertz CT molecular complexity index is 1140. The molecule has 0 fully saturated rings. The molecule has 0 bridgehead atoms. The zero-order chi connectivity index (χ0) is 18.2. The van der Waals surface area contributed by atoms with Crippen LogP contribution in [0.5, 0.6) is 0 Å². The van der Waals surface area contributed by atoms with Crippen LogP contribution in [0.15, 0.2) is 91.0 Å². The fourth-order valence-corrected chi connectivity index (χ4v) is 4.20. The molecular weight excluding hydrogens is 328 g/mol. The molecule has 1 atom stereocenters. The summed E-state index contributed by atoms with van der Waals surface area (Å²) in [5, 5.41) is 15.9. The second kappa shape index (κ2) is 6.39. The lowest BCUT2D eigenvalue weighted by atomic mass is 9.97. The van der Waals surface area contributed by atoms with Gasteiger partial charge in [-0.2, -0.15) is 5.26 Å². The average molecular weight is 346 g/mol. The predicted octanol–water partition coefficient (Wildman–Crippen LogP) is 5.76. The molecule has 27 heavy (non-hydrogen) atoms. The lowest BCUT2D eigenvalue weighted by Gasteiger charge is -2.21. The highest BCUT2D eigenvalue weighted by Gasteiger charge is 2.30. The summed E-state index contributed by atoms with van der Waals surface area (Å²) in [4.78, 5) is 0. The summed E-state index contributed by atoms with van der Waals surface area (Å²) in [5.41, 5.74) is 6.00. The Morgan fingerprint density at radius 3 is 2.00 bits per heavy atom. The van der Waals surface area contributed by atoms with Gasteiger partial charge in [0.1, 0.15) is 6.04 Å². The molecule has 1 aliphatic carbocycles. The number of hydrogen-bond acceptors (Lipinski definition) is 2. The summed E-state index contributed by atoms with van der Waals surface area (Å²) in [5.74, 6) is 0. The molecule has 0 aromatic heterocycles. The van der Waals surface area contributed by atoms with E-state index in [1.54, 1.807) is 0 Å². The van der Waals surface area contributed by atoms with Gasteiger partial charge in [0.25, 0.3) is 0 Å². The van der Waals surface area contributed by atoms with E-state index in [4.69, 9.17) is 0 Å². The van der Waals surface area contributed by atoms with Crippen molar-refractivity contribution in [3.63, 3.8) is 0 Å². The highest BCUT2D eigenvalue weighted by atomic mass is 15.0. The van der Waals surface area contributed by atoms with Crippen molar-refractivity contribution in [2.75, 3.05) is 0 Å². The molecule has 0 heterocycles. The van der Waals surface area contributed by atoms with Gasteiger partial charge >= 0.3 is 0 Å². The fraction of sp³-hybridized carbons (Fsp3) is 0.0800. The Kier molecular flexibility index (Phi) is 3.74. The van der Waals surface area contributed by atoms with Crippen LogP contribution in [0.1, 0.15) is 28.8 Å². The van der Waals surface area contributed by atoms with Crippen LogP contribution in [0.2, 0.25) is 0 Å². The molecule has 0 aliphatic heterocycles. The minimum Gasteiger partial charge on any atom is -0.287 e. The molecule has 0 unspecified atom stereocenters. The van der Waals surface area contributed by atoms with Crippen LogP contribution < -0.4 is 5.32 Å². The van der Waals surface area contributed by atoms with Crippen LogP contribution >= 0.6 is 0 Å². The largest absolute Gasteiger partial charge is 0.287 e. The SMILES string of the molecule is N#C[C@H](NC1c2ccccc2-c2ccccc21)c1cccc2ccccc12. The molecule has 2 heteroatoms. The van der Waals surface area contributed by atoms with Gasteiger partial charge in [-0.15, -0.1) is 0 Å². The first-order valence-corrected chi connectivity index (χ1v) is 9.18. The van der Waals surface area contributed by atoms with Crippen LogP contribution in [-0.4, -0.2) is 0 Å². The van der Waals surface area contributed by atoms with E-state index in [2.05, 4.69) is 84.2 Å². The number of rotatable bonds is 3. The Morgan fingerprint density at radius 2 is 1.30 bits per heavy atom. The van der Waals surface area contributed by atoms with Gasteiger partial charge in [-0.3, -0.25) is 5.32 Å². The monoisotopic (exact) mass is 346 g/mol. The first-order valence-electron chi connectivity index (χ1n) is 9.18. The van der Waals surface area contributed by atoms with E-state index in [0.29, 0.717) is 0 Å². The number of nitrogens with one attached hydrogen (secondary N) is 1. The lowest BCUT2D eigenvalue weighted by molar-refractivity contribution is 0.570. The third-order valence-corrected chi connectivity index (χ3v) is 5.43. The standard InChI is InChI=1S/C25H18N2/c26-16-24(21-15-7-9-17-8-1-2-10-18(17)21)27-25-22-13-5-3-11-19(22)20-12-4-6-14-23(20)25/h1-15,24-25,27H/t24-/m0/s1. The normalized spacial score (nSPS) is 13.7. The number of nitriles is 1. The van der Waals surface area contributed by atoms with Gasteiger partial charge in [0.15, 0.2) is 0 Å². The van der Waals surface area contributed by atoms with Crippen LogP contribution in [0.3, 0.4) is 0 Å². The van der Waals surface area contributed by atoms with E-state index in [-0.39, 0.29) is 12.1 Å². The van der Waals surface area contributed by atoms with E-state index in [0.717, 1.165) is 16.3 Å². The van der Waals surface area contributed by atoms with Crippen molar-refractivity contribution in [2.24, 2.45) is 0 Å². The Morgan fingerprint density at radius 1 is 0.704 bits per heavy atom. The Balaban J connectivity index is 1.61. The molecule has 128 valence electrons. The molecule has 4 aromatic carbocycles. The zero-order valence-corrected chi connectivity index (χ0v) is 14.8. The van der Waals surface area contributed by atoms with Crippen LogP contribution in [-0.2, 0) is 0 Å². The van der Waals surface area contributed by atoms with Crippen molar-refractivity contribution in [3.8, 4) is 17.2 Å². The van der Waals surface area contributed by atoms with Crippen LogP contribution in [0, 0.1) is 11.3 Å². The van der Waals surface area contributed by atoms with E-state index in [9.17, 15) is 5.26 Å². The quantitative estimate of drug-likeness (QED) is 0.511. The van der Waals surface area contributed by atoms with Gasteiger partial charge in [0.05, 0.1) is 12.1 Å². The second-order valence-electron chi connectivity index (χ2n) is 6.90. The Hall–Kier alpha value is -3.41. The van der Waals surface area contributed by atoms with Crippen LogP contribution in [0.4, 0.5) is 0 Å². The smallest absolute Gasteiger partial charge is 0.122 e. The first kappa shape index (κ1) is 15.8. The van der Waals surface area contributed by atoms with Crippen LogP contribution in [0.25, 0.3) is 21.9 Å². The van der Waals surface area contributed by atoms with Crippen molar-refractivity contribution in [1.82, 2.24) is 5.32 Å². The summed E-state index contributed by atoms with van der Waals surface area (Å²) in [6, 6.07) is 33.4. The van der Waals surface area contributed by atoms with Gasteiger partial charge in [-0.1, -0.05) is 91.0 Å². The maximum atomic E-state index is 9.98. The maximum Gasteiger partial charge on any atom is 0.122 e. The zero-order valence-electron chi connectivity index (χ0n) is 14.8. The maximum absolute atomic E-state index is 9.98. The summed E-state index contributed by atoms with van der Waals surface area (Å²) < 4.78 is 0. The molecule has 4 aromatic rings. The van der Waals surface area contributed by atoms with E-state index >= 15 is 0 Å². The molecule has 0 spiro atoms. The van der Waals surface area contributed by atoms with E-state index in [1.165, 1.54) is 22.3 Å². The lowest BCUT2D eigenvalue weighted by Crippen LogP contribution is -2.25. The van der Waals surface area contributed by atoms with Crippen molar-refractivity contribution in [1.29, 1.82) is 5.26 Å². The van der Waals surface area contributed by atoms with E-state index in [1.807, 2.05) is 18.2 Å². The molecule has 0 saturated carbocycles. The minimum atomic E-state index is -0.389. The van der Waals surface area contributed by atoms with Crippen molar-refractivity contribution in [2.45, 2.75) is 12.1 Å².